The molecule has 0 saturated heterocycles. The molecule has 0 fully saturated rings. The van der Waals surface area contributed by atoms with Crippen molar-refractivity contribution in [1.82, 2.24) is 27.8 Å². The van der Waals surface area contributed by atoms with Crippen LogP contribution in [0, 0.1) is 0 Å². The van der Waals surface area contributed by atoms with Gasteiger partial charge in [0.05, 0.1) is 39.2 Å². The van der Waals surface area contributed by atoms with E-state index in [1.54, 1.807) is 0 Å². The summed E-state index contributed by atoms with van der Waals surface area (Å²) < 4.78 is 18.6. The van der Waals surface area contributed by atoms with Crippen LogP contribution >= 0.6 is 0 Å². The van der Waals surface area contributed by atoms with Crippen LogP contribution in [0.4, 0.5) is 22.7 Å². The van der Waals surface area contributed by atoms with Gasteiger partial charge < -0.3 is 13.9 Å². The second-order valence-corrected chi connectivity index (χ2v) is 24.4. The van der Waals surface area contributed by atoms with Crippen LogP contribution in [-0.4, -0.2) is 24.7 Å². The molecule has 13 aromatic rings. The number of ether oxygens (including phenoxy) is 1. The number of fused-ring (bicyclic) bond motifs is 10. The Kier molecular flexibility index (Phi) is 10.7. The van der Waals surface area contributed by atoms with Crippen LogP contribution in [0.1, 0.15) is 79.0 Å². The van der Waals surface area contributed by atoms with Crippen LogP contribution in [-0.2, 0) is 16.2 Å². The lowest BCUT2D eigenvalue weighted by molar-refractivity contribution is 0.483. The fraction of sp³-hybridized carbons (Fsp3) is 0.167. The van der Waals surface area contributed by atoms with E-state index in [4.69, 9.17) is 9.72 Å². The van der Waals surface area contributed by atoms with Crippen LogP contribution in [0.2, 0.25) is 0 Å². The molecule has 4 aromatic heterocycles. The third-order valence-corrected chi connectivity index (χ3v) is 16.1. The monoisotopic (exact) mass is 1030 g/mol. The van der Waals surface area contributed by atoms with Crippen molar-refractivity contribution >= 4 is 94.2 Å². The average Bonchev–Trinajstić information content (AvgIpc) is 3.64. The highest BCUT2D eigenvalue weighted by Gasteiger charge is 2.41. The summed E-state index contributed by atoms with van der Waals surface area (Å²) in [5, 5.41) is 7.16. The summed E-state index contributed by atoms with van der Waals surface area (Å²) in [4.78, 5) is 5.05. The van der Waals surface area contributed by atoms with E-state index in [-0.39, 0.29) is 16.2 Å². The van der Waals surface area contributed by atoms with E-state index >= 15 is 0 Å². The second kappa shape index (κ2) is 17.6. The number of benzene rings is 9. The van der Waals surface area contributed by atoms with Gasteiger partial charge in [-0.15, -0.1) is 0 Å². The molecule has 0 atom stereocenters. The van der Waals surface area contributed by atoms with Crippen molar-refractivity contribution in [3.05, 3.63) is 229 Å². The predicted octanol–water partition coefficient (Wildman–Crippen LogP) is 18.9. The van der Waals surface area contributed by atoms with E-state index in [9.17, 15) is 0 Å². The first-order valence-electron chi connectivity index (χ1n) is 27.5. The van der Waals surface area contributed by atoms with Gasteiger partial charge in [-0.2, -0.15) is 0 Å². The molecule has 7 heteroatoms. The van der Waals surface area contributed by atoms with Gasteiger partial charge in [0.1, 0.15) is 23.0 Å². The van der Waals surface area contributed by atoms with Crippen molar-refractivity contribution in [3.63, 3.8) is 0 Å². The summed E-state index contributed by atoms with van der Waals surface area (Å²) >= 11 is 0. The Morgan fingerprint density at radius 3 is 1.53 bits per heavy atom. The van der Waals surface area contributed by atoms with Crippen LogP contribution < -0.4 is 13.9 Å². The number of aromatic nitrogens is 4. The van der Waals surface area contributed by atoms with E-state index < -0.39 is 0 Å². The molecule has 0 N–H and O–H groups in total. The minimum atomic E-state index is -0.0863. The van der Waals surface area contributed by atoms with E-state index in [2.05, 4.69) is 291 Å². The quantitative estimate of drug-likeness (QED) is 0.149. The van der Waals surface area contributed by atoms with Crippen molar-refractivity contribution in [2.24, 2.45) is 0 Å². The van der Waals surface area contributed by atoms with E-state index in [1.807, 2.05) is 12.3 Å². The van der Waals surface area contributed by atoms with Gasteiger partial charge in [-0.3, -0.25) is 4.57 Å². The zero-order valence-corrected chi connectivity index (χ0v) is 46.3. The zero-order chi connectivity index (χ0) is 54.1. The molecule has 0 amide bonds. The molecule has 0 spiro atoms. The molecule has 9 aromatic carbocycles. The summed E-state index contributed by atoms with van der Waals surface area (Å²) in [6.45, 7) is 20.6. The normalized spacial score (nSPS) is 13.1. The van der Waals surface area contributed by atoms with Crippen LogP contribution in [0.15, 0.2) is 212 Å². The third kappa shape index (κ3) is 7.90. The standard InChI is InChI=1S/C72H62N6O/c1-70(2,3)46-36-37-73-68(41-46)78-64-35-32-50(76-60-26-14-10-22-54(60)55-23-11-15-27-61(55)76)43-59(64)58-34-33-53(44-67(58)78)79-52-21-18-20-49(42-52)74-45-75(51-39-47(71(4,5)6)38-48(40-51)72(7,8)9)69-65(74)30-19-31-66(69)77-62-28-16-12-24-56(62)57-25-13-17-29-63(57)77/h10-44H,1-9H3/q+2. The third-order valence-electron chi connectivity index (χ3n) is 16.1. The number of pyridine rings is 1. The fourth-order valence-corrected chi connectivity index (χ4v) is 12.0. The Hall–Kier alpha value is -9.29. The molecule has 384 valence electrons. The lowest BCUT2D eigenvalue weighted by Gasteiger charge is -2.24. The molecule has 5 heterocycles. The molecule has 1 aliphatic heterocycles. The molecular formula is C72H62N6O+2. The number of nitrogens with zero attached hydrogens (tertiary/aromatic N) is 6. The minimum absolute atomic E-state index is 0.0698. The summed E-state index contributed by atoms with van der Waals surface area (Å²) in [6, 6.07) is 78.6. The van der Waals surface area contributed by atoms with Crippen molar-refractivity contribution in [3.8, 4) is 28.7 Å². The van der Waals surface area contributed by atoms with Gasteiger partial charge in [0.2, 0.25) is 11.4 Å². The number of para-hydroxylation sites is 5. The minimum Gasteiger partial charge on any atom is -0.457 e. The number of hydrogen-bond donors (Lipinski definition) is 0. The molecule has 1 aliphatic rings. The Bertz CT molecular complexity index is 4600. The largest absolute Gasteiger partial charge is 0.503 e. The SMILES string of the molecule is CC(C)(C)c1cc([N+]2=C=[N+](c3cccc(Oc4ccc5c6cc(-n7c8ccccc8c8ccccc87)ccc6n(-c6cc(C(C)(C)C)ccn6)c5c4)c3)c3cccc(-n4c5ccccc5c5ccccc54)c32)cc(C(C)(C)C)c1. The van der Waals surface area contributed by atoms with Crippen molar-refractivity contribution < 1.29 is 4.74 Å². The number of hydrogen-bond acceptors (Lipinski definition) is 2. The molecule has 0 unspecified atom stereocenters. The summed E-state index contributed by atoms with van der Waals surface area (Å²) in [5.74, 6) is 2.30. The second-order valence-electron chi connectivity index (χ2n) is 24.4. The highest BCUT2D eigenvalue weighted by Crippen LogP contribution is 2.46. The van der Waals surface area contributed by atoms with Crippen LogP contribution in [0.3, 0.4) is 0 Å². The predicted molar refractivity (Wildman–Crippen MR) is 331 cm³/mol. The van der Waals surface area contributed by atoms with E-state index in [1.165, 1.54) is 49.3 Å². The molecular weight excluding hydrogens is 965 g/mol. The molecule has 79 heavy (non-hydrogen) atoms. The lowest BCUT2D eigenvalue weighted by Crippen LogP contribution is -2.17. The Morgan fingerprint density at radius 1 is 0.380 bits per heavy atom. The van der Waals surface area contributed by atoms with Crippen LogP contribution in [0.25, 0.3) is 82.6 Å². The average molecular weight is 1030 g/mol. The van der Waals surface area contributed by atoms with Crippen molar-refractivity contribution in [2.75, 3.05) is 0 Å². The summed E-state index contributed by atoms with van der Waals surface area (Å²) in [5.41, 5.74) is 16.5. The first-order chi connectivity index (χ1) is 38.1. The van der Waals surface area contributed by atoms with Gasteiger partial charge in [-0.1, -0.05) is 153 Å². The maximum Gasteiger partial charge on any atom is 0.503 e. The van der Waals surface area contributed by atoms with Gasteiger partial charge in [0.15, 0.2) is 0 Å². The Morgan fingerprint density at radius 2 is 0.924 bits per heavy atom. The van der Waals surface area contributed by atoms with Crippen LogP contribution in [0.5, 0.6) is 11.5 Å². The smallest absolute Gasteiger partial charge is 0.457 e. The molecule has 0 aliphatic carbocycles. The number of rotatable bonds is 7. The first kappa shape index (κ1) is 48.1. The van der Waals surface area contributed by atoms with E-state index in [0.717, 1.165) is 78.5 Å². The van der Waals surface area contributed by atoms with Crippen molar-refractivity contribution in [1.29, 1.82) is 0 Å². The maximum atomic E-state index is 7.01. The molecule has 0 radical (unpaired) electrons. The Balaban J connectivity index is 0.929. The molecule has 0 saturated carbocycles. The van der Waals surface area contributed by atoms with Crippen molar-refractivity contribution in [2.45, 2.75) is 78.6 Å². The van der Waals surface area contributed by atoms with Gasteiger partial charge in [0, 0.05) is 74.5 Å². The summed E-state index contributed by atoms with van der Waals surface area (Å²) in [6.07, 6.45) is 1.94. The Labute approximate surface area is 460 Å². The topological polar surface area (TPSA) is 42.9 Å². The van der Waals surface area contributed by atoms with Gasteiger partial charge in [0.25, 0.3) is 0 Å². The lowest BCUT2D eigenvalue weighted by atomic mass is 9.80. The van der Waals surface area contributed by atoms with E-state index in [0.29, 0.717) is 5.75 Å². The molecule has 14 rings (SSSR count). The maximum absolute atomic E-state index is 7.01. The first-order valence-corrected chi connectivity index (χ1v) is 27.5. The summed E-state index contributed by atoms with van der Waals surface area (Å²) in [7, 11) is 0. The fourth-order valence-electron chi connectivity index (χ4n) is 12.0. The molecule has 0 bridgehead atoms. The van der Waals surface area contributed by atoms with Gasteiger partial charge in [-0.25, -0.2) is 4.98 Å². The zero-order valence-electron chi connectivity index (χ0n) is 46.3. The highest BCUT2D eigenvalue weighted by molar-refractivity contribution is 6.13. The molecule has 7 nitrogen and oxygen atoms in total. The van der Waals surface area contributed by atoms with Gasteiger partial charge >= 0.3 is 17.4 Å². The van der Waals surface area contributed by atoms with Gasteiger partial charge in [-0.05, 0) is 121 Å². The highest BCUT2D eigenvalue weighted by atomic mass is 16.5.